The van der Waals surface area contributed by atoms with Crippen molar-refractivity contribution in [3.05, 3.63) is 30.3 Å². The molecule has 155 valence electrons. The van der Waals surface area contributed by atoms with E-state index >= 15 is 0 Å². The Balaban J connectivity index is 3.33. The van der Waals surface area contributed by atoms with Crippen LogP contribution in [0.5, 0.6) is 0 Å². The molecule has 0 saturated carbocycles. The quantitative estimate of drug-likeness (QED) is 0.404. The Bertz CT molecular complexity index is 569. The van der Waals surface area contributed by atoms with Gasteiger partial charge in [0.25, 0.3) is 15.3 Å². The SMILES string of the molecule is CC1(C)CC(CO[N+](=O)[O-])C(CO[N+](=O)[O-])C(CO[N+](=O)[O-])C(C)(C)N1[O]. The molecule has 14 nitrogen and oxygen atoms in total. The first-order chi connectivity index (χ1) is 12.3. The van der Waals surface area contributed by atoms with Gasteiger partial charge in [0.15, 0.2) is 0 Å². The van der Waals surface area contributed by atoms with E-state index in [-0.39, 0.29) is 6.42 Å². The Hall–Kier alpha value is -2.48. The zero-order chi connectivity index (χ0) is 21.0. The molecule has 0 aromatic rings. The van der Waals surface area contributed by atoms with Gasteiger partial charge in [0, 0.05) is 17.0 Å². The van der Waals surface area contributed by atoms with Crippen LogP contribution in [-0.4, -0.2) is 51.2 Å². The van der Waals surface area contributed by atoms with Gasteiger partial charge in [0.2, 0.25) is 0 Å². The molecular formula is C13H23N4O10. The maximum Gasteiger partial charge on any atom is 0.294 e. The van der Waals surface area contributed by atoms with Crippen molar-refractivity contribution in [1.29, 1.82) is 0 Å². The summed E-state index contributed by atoms with van der Waals surface area (Å²) in [6, 6.07) is 0. The van der Waals surface area contributed by atoms with Crippen LogP contribution in [0.1, 0.15) is 34.1 Å². The average Bonchev–Trinajstić information content (AvgIpc) is 2.57. The van der Waals surface area contributed by atoms with E-state index in [0.717, 1.165) is 5.06 Å². The van der Waals surface area contributed by atoms with Crippen molar-refractivity contribution in [3.8, 4) is 0 Å². The summed E-state index contributed by atoms with van der Waals surface area (Å²) in [5.74, 6) is -2.46. The highest BCUT2D eigenvalue weighted by Crippen LogP contribution is 2.45. The van der Waals surface area contributed by atoms with Crippen molar-refractivity contribution in [2.24, 2.45) is 17.8 Å². The first-order valence-corrected chi connectivity index (χ1v) is 8.08. The van der Waals surface area contributed by atoms with Crippen LogP contribution >= 0.6 is 0 Å². The lowest BCUT2D eigenvalue weighted by Crippen LogP contribution is -2.56. The van der Waals surface area contributed by atoms with Crippen LogP contribution in [-0.2, 0) is 19.7 Å². The first-order valence-electron chi connectivity index (χ1n) is 8.08. The highest BCUT2D eigenvalue weighted by Gasteiger charge is 2.53. The third kappa shape index (κ3) is 5.75. The zero-order valence-corrected chi connectivity index (χ0v) is 15.4. The van der Waals surface area contributed by atoms with Crippen LogP contribution in [0.2, 0.25) is 0 Å². The molecule has 14 heteroatoms. The lowest BCUT2D eigenvalue weighted by Gasteiger charge is -2.44. The van der Waals surface area contributed by atoms with Crippen LogP contribution in [0.4, 0.5) is 0 Å². The fourth-order valence-corrected chi connectivity index (χ4v) is 3.87. The molecule has 3 atom stereocenters. The summed E-state index contributed by atoms with van der Waals surface area (Å²) in [6.07, 6.45) is 0.0917. The number of nitrogens with zero attached hydrogens (tertiary/aromatic N) is 4. The van der Waals surface area contributed by atoms with E-state index in [1.54, 1.807) is 13.8 Å². The molecule has 0 aliphatic carbocycles. The van der Waals surface area contributed by atoms with Crippen molar-refractivity contribution in [1.82, 2.24) is 5.06 Å². The van der Waals surface area contributed by atoms with Gasteiger partial charge in [-0.2, -0.15) is 0 Å². The van der Waals surface area contributed by atoms with Gasteiger partial charge in [-0.05, 0) is 46.0 Å². The van der Waals surface area contributed by atoms with E-state index in [1.165, 1.54) is 13.8 Å². The van der Waals surface area contributed by atoms with E-state index in [9.17, 15) is 35.6 Å². The third-order valence-corrected chi connectivity index (χ3v) is 4.99. The van der Waals surface area contributed by atoms with Crippen LogP contribution in [0.15, 0.2) is 0 Å². The first kappa shape index (κ1) is 22.6. The van der Waals surface area contributed by atoms with Crippen LogP contribution in [0.25, 0.3) is 0 Å². The van der Waals surface area contributed by atoms with E-state index in [1.807, 2.05) is 0 Å². The largest absolute Gasteiger partial charge is 0.314 e. The summed E-state index contributed by atoms with van der Waals surface area (Å²) >= 11 is 0. The van der Waals surface area contributed by atoms with Gasteiger partial charge in [-0.1, -0.05) is 0 Å². The predicted molar refractivity (Wildman–Crippen MR) is 84.6 cm³/mol. The molecule has 1 aliphatic heterocycles. The maximum atomic E-state index is 13.0. The molecule has 1 heterocycles. The van der Waals surface area contributed by atoms with Crippen molar-refractivity contribution in [2.75, 3.05) is 19.8 Å². The summed E-state index contributed by atoms with van der Waals surface area (Å²) in [7, 11) is 0. The summed E-state index contributed by atoms with van der Waals surface area (Å²) in [6.45, 7) is 4.80. The molecule has 0 spiro atoms. The standard InChI is InChI=1S/C13H23N4O10/c1-12(2)5-9(6-25-15(19)20)10(7-26-16(21)22)11(8-27-17(23)24)13(3,4)14(12)18/h9-11H,5-8H2,1-4H3. The van der Waals surface area contributed by atoms with Gasteiger partial charge < -0.3 is 14.5 Å². The molecule has 0 amide bonds. The van der Waals surface area contributed by atoms with Crippen molar-refractivity contribution in [2.45, 2.75) is 45.2 Å². The molecule has 0 aromatic carbocycles. The van der Waals surface area contributed by atoms with Crippen LogP contribution in [0, 0.1) is 48.1 Å². The molecule has 0 bridgehead atoms. The van der Waals surface area contributed by atoms with Gasteiger partial charge in [-0.15, -0.1) is 40.6 Å². The minimum absolute atomic E-state index is 0.0917. The maximum absolute atomic E-state index is 13.0. The predicted octanol–water partition coefficient (Wildman–Crippen LogP) is 1.07. The Morgan fingerprint density at radius 2 is 1.33 bits per heavy atom. The van der Waals surface area contributed by atoms with Crippen molar-refractivity contribution >= 4 is 0 Å². The Morgan fingerprint density at radius 1 is 0.889 bits per heavy atom. The molecule has 1 fully saturated rings. The zero-order valence-electron chi connectivity index (χ0n) is 15.4. The third-order valence-electron chi connectivity index (χ3n) is 4.99. The second-order valence-corrected chi connectivity index (χ2v) is 7.55. The second kappa shape index (κ2) is 8.47. The average molecular weight is 395 g/mol. The molecule has 27 heavy (non-hydrogen) atoms. The Kier molecular flexibility index (Phi) is 7.08. The lowest BCUT2D eigenvalue weighted by molar-refractivity contribution is -0.766. The van der Waals surface area contributed by atoms with Gasteiger partial charge >= 0.3 is 0 Å². The molecule has 3 unspecified atom stereocenters. The topological polar surface area (TPSA) is 180 Å². The summed E-state index contributed by atoms with van der Waals surface area (Å²) in [5.41, 5.74) is -2.27. The van der Waals surface area contributed by atoms with Gasteiger partial charge in [0.1, 0.15) is 13.2 Å². The highest BCUT2D eigenvalue weighted by molar-refractivity contribution is 5.01. The van der Waals surface area contributed by atoms with Crippen LogP contribution < -0.4 is 0 Å². The minimum Gasteiger partial charge on any atom is -0.314 e. The van der Waals surface area contributed by atoms with Crippen molar-refractivity contribution < 1.29 is 35.0 Å². The summed E-state index contributed by atoms with van der Waals surface area (Å²) in [4.78, 5) is 45.3. The molecule has 1 aliphatic rings. The minimum atomic E-state index is -1.24. The summed E-state index contributed by atoms with van der Waals surface area (Å²) in [5, 5.41) is 42.6. The number of hydrogen-bond acceptors (Lipinski definition) is 10. The van der Waals surface area contributed by atoms with E-state index < -0.39 is 63.9 Å². The lowest BCUT2D eigenvalue weighted by atomic mass is 9.73. The summed E-state index contributed by atoms with van der Waals surface area (Å²) < 4.78 is 0. The normalized spacial score (nSPS) is 27.2. The van der Waals surface area contributed by atoms with Crippen LogP contribution in [0.3, 0.4) is 0 Å². The highest BCUT2D eigenvalue weighted by atomic mass is 17.0. The molecule has 0 N–H and O–H groups in total. The Labute approximate surface area is 154 Å². The fourth-order valence-electron chi connectivity index (χ4n) is 3.87. The van der Waals surface area contributed by atoms with Gasteiger partial charge in [-0.25, -0.2) is 0 Å². The number of hydroxylamine groups is 2. The fraction of sp³-hybridized carbons (Fsp3) is 1.00. The van der Waals surface area contributed by atoms with E-state index in [2.05, 4.69) is 14.5 Å². The second-order valence-electron chi connectivity index (χ2n) is 7.55. The molecule has 0 aromatic heterocycles. The van der Waals surface area contributed by atoms with Gasteiger partial charge in [0.05, 0.1) is 6.61 Å². The number of rotatable bonds is 9. The molecule has 1 rings (SSSR count). The molecular weight excluding hydrogens is 372 g/mol. The number of hydrogen-bond donors (Lipinski definition) is 0. The monoisotopic (exact) mass is 395 g/mol. The smallest absolute Gasteiger partial charge is 0.294 e. The van der Waals surface area contributed by atoms with E-state index in [4.69, 9.17) is 0 Å². The Morgan fingerprint density at radius 3 is 1.81 bits per heavy atom. The van der Waals surface area contributed by atoms with Crippen molar-refractivity contribution in [3.63, 3.8) is 0 Å². The van der Waals surface area contributed by atoms with Gasteiger partial charge in [-0.3, -0.25) is 0 Å². The molecule has 1 saturated heterocycles. The molecule has 1 radical (unpaired) electrons. The van der Waals surface area contributed by atoms with E-state index in [0.29, 0.717) is 0 Å².